The zero-order valence-corrected chi connectivity index (χ0v) is 18.8. The summed E-state index contributed by atoms with van der Waals surface area (Å²) in [7, 11) is 1.43. The van der Waals surface area contributed by atoms with Gasteiger partial charge in [-0.05, 0) is 31.2 Å². The van der Waals surface area contributed by atoms with Gasteiger partial charge in [-0.3, -0.25) is 4.79 Å². The Kier molecular flexibility index (Phi) is 5.96. The summed E-state index contributed by atoms with van der Waals surface area (Å²) in [4.78, 5) is 39.5. The van der Waals surface area contributed by atoms with Gasteiger partial charge in [0, 0.05) is 23.1 Å². The van der Waals surface area contributed by atoms with Gasteiger partial charge in [-0.15, -0.1) is 11.3 Å². The normalized spacial score (nSPS) is 12.0. The van der Waals surface area contributed by atoms with Gasteiger partial charge in [-0.2, -0.15) is 0 Å². The van der Waals surface area contributed by atoms with Gasteiger partial charge in [0.05, 0.1) is 28.7 Å². The predicted molar refractivity (Wildman–Crippen MR) is 122 cm³/mol. The van der Waals surface area contributed by atoms with Crippen molar-refractivity contribution < 1.29 is 23.8 Å². The molecule has 1 atom stereocenters. The highest BCUT2D eigenvalue weighted by atomic mass is 35.5. The number of hydrogen-bond donors (Lipinski definition) is 2. The number of aromatic nitrogens is 2. The van der Waals surface area contributed by atoms with E-state index in [-0.39, 0.29) is 37.8 Å². The smallest absolute Gasteiger partial charge is 0.346 e. The number of ether oxygens (including phenoxy) is 2. The van der Waals surface area contributed by atoms with Crippen molar-refractivity contribution in [2.45, 2.75) is 13.0 Å². The van der Waals surface area contributed by atoms with Gasteiger partial charge < -0.3 is 19.6 Å². The van der Waals surface area contributed by atoms with Gasteiger partial charge in [0.25, 0.3) is 5.56 Å². The monoisotopic (exact) mass is 490 g/mol. The van der Waals surface area contributed by atoms with Gasteiger partial charge in [0.2, 0.25) is 0 Å². The molecule has 4 aromatic rings. The molecule has 0 aliphatic carbocycles. The molecule has 11 heteroatoms. The number of halogens is 2. The van der Waals surface area contributed by atoms with Crippen LogP contribution in [0, 0.1) is 5.82 Å². The molecule has 1 unspecified atom stereocenters. The fourth-order valence-corrected chi connectivity index (χ4v) is 4.41. The third-order valence-corrected chi connectivity index (χ3v) is 6.25. The van der Waals surface area contributed by atoms with E-state index in [9.17, 15) is 23.9 Å². The lowest BCUT2D eigenvalue weighted by Crippen LogP contribution is -2.34. The average molecular weight is 491 g/mol. The molecular formula is C22H16ClFN2O6S. The number of methoxy groups -OCH3 is 1. The Bertz CT molecular complexity index is 1510. The fraction of sp³-hybridized carbons (Fsp3) is 0.136. The number of nitrogens with zero attached hydrogens (tertiary/aromatic N) is 1. The van der Waals surface area contributed by atoms with Crippen LogP contribution in [-0.2, 0) is 0 Å². The van der Waals surface area contributed by atoms with Crippen molar-refractivity contribution in [3.63, 3.8) is 0 Å². The number of aromatic amines is 1. The lowest BCUT2D eigenvalue weighted by molar-refractivity contribution is 0.0704. The van der Waals surface area contributed by atoms with Crippen molar-refractivity contribution in [1.82, 2.24) is 9.55 Å². The molecule has 33 heavy (non-hydrogen) atoms. The summed E-state index contributed by atoms with van der Waals surface area (Å²) in [5.41, 5.74) is -1.24. The summed E-state index contributed by atoms with van der Waals surface area (Å²) in [6.45, 7) is 1.63. The van der Waals surface area contributed by atoms with E-state index in [0.717, 1.165) is 15.9 Å². The van der Waals surface area contributed by atoms with E-state index in [1.807, 2.05) is 0 Å². The molecule has 2 aromatic carbocycles. The van der Waals surface area contributed by atoms with Crippen molar-refractivity contribution in [1.29, 1.82) is 0 Å². The number of thiophene rings is 1. The number of nitrogens with one attached hydrogen (secondary N) is 1. The molecule has 0 aliphatic heterocycles. The van der Waals surface area contributed by atoms with Crippen LogP contribution in [0.1, 0.15) is 28.3 Å². The molecule has 0 radical (unpaired) electrons. The lowest BCUT2D eigenvalue weighted by atomic mass is 10.1. The zero-order valence-electron chi connectivity index (χ0n) is 17.2. The second kappa shape index (κ2) is 8.72. The van der Waals surface area contributed by atoms with Crippen LogP contribution in [0.4, 0.5) is 4.39 Å². The number of H-pyrrole nitrogens is 1. The summed E-state index contributed by atoms with van der Waals surface area (Å²) in [6.07, 6.45) is -0.724. The largest absolute Gasteiger partial charge is 0.497 e. The quantitative estimate of drug-likeness (QED) is 0.415. The molecule has 0 bridgehead atoms. The van der Waals surface area contributed by atoms with E-state index < -0.39 is 29.1 Å². The maximum absolute atomic E-state index is 14.4. The van der Waals surface area contributed by atoms with Crippen molar-refractivity contribution in [3.8, 4) is 17.2 Å². The zero-order chi connectivity index (χ0) is 23.9. The Morgan fingerprint density at radius 3 is 2.61 bits per heavy atom. The maximum atomic E-state index is 14.4. The molecule has 0 aliphatic rings. The molecule has 2 N–H and O–H groups in total. The highest BCUT2D eigenvalue weighted by Gasteiger charge is 2.21. The first-order chi connectivity index (χ1) is 15.7. The third kappa shape index (κ3) is 4.10. The number of fused-ring (bicyclic) bond motifs is 1. The summed E-state index contributed by atoms with van der Waals surface area (Å²) in [5.74, 6) is -1.23. The van der Waals surface area contributed by atoms with E-state index in [1.54, 1.807) is 13.0 Å². The topological polar surface area (TPSA) is 111 Å². The Morgan fingerprint density at radius 2 is 1.94 bits per heavy atom. The van der Waals surface area contributed by atoms with E-state index in [4.69, 9.17) is 21.1 Å². The first-order valence-electron chi connectivity index (χ1n) is 9.51. The molecule has 0 fully saturated rings. The first-order valence-corrected chi connectivity index (χ1v) is 10.8. The van der Waals surface area contributed by atoms with Gasteiger partial charge in [0.1, 0.15) is 28.3 Å². The van der Waals surface area contributed by atoms with Crippen LogP contribution in [0.3, 0.4) is 0 Å². The summed E-state index contributed by atoms with van der Waals surface area (Å²) in [6, 6.07) is 8.65. The van der Waals surface area contributed by atoms with Crippen molar-refractivity contribution >= 4 is 39.8 Å². The Morgan fingerprint density at radius 1 is 1.21 bits per heavy atom. The van der Waals surface area contributed by atoms with Crippen LogP contribution in [0.15, 0.2) is 51.4 Å². The Hall–Kier alpha value is -3.63. The van der Waals surface area contributed by atoms with Crippen molar-refractivity contribution in [3.05, 3.63) is 83.9 Å². The van der Waals surface area contributed by atoms with Crippen molar-refractivity contribution in [2.24, 2.45) is 0 Å². The molecule has 0 saturated carbocycles. The molecule has 0 amide bonds. The molecule has 8 nitrogen and oxygen atoms in total. The molecular weight excluding hydrogens is 475 g/mol. The van der Waals surface area contributed by atoms with E-state index in [0.29, 0.717) is 5.75 Å². The molecule has 0 saturated heterocycles. The molecule has 4 rings (SSSR count). The second-order valence-corrected chi connectivity index (χ2v) is 8.28. The molecule has 170 valence electrons. The van der Waals surface area contributed by atoms with Crippen LogP contribution in [0.2, 0.25) is 5.02 Å². The number of carboxylic acids is 1. The third-order valence-electron chi connectivity index (χ3n) is 4.96. The van der Waals surface area contributed by atoms with Crippen LogP contribution in [0.25, 0.3) is 16.6 Å². The van der Waals surface area contributed by atoms with E-state index in [1.165, 1.54) is 42.8 Å². The van der Waals surface area contributed by atoms with Gasteiger partial charge in [0.15, 0.2) is 0 Å². The molecule has 2 aromatic heterocycles. The number of aromatic carboxylic acids is 1. The van der Waals surface area contributed by atoms with Crippen LogP contribution >= 0.6 is 22.9 Å². The predicted octanol–water partition coefficient (Wildman–Crippen LogP) is 4.38. The average Bonchev–Trinajstić information content (AvgIpc) is 3.20. The number of hydrogen-bond acceptors (Lipinski definition) is 6. The fourth-order valence-electron chi connectivity index (χ4n) is 3.38. The minimum absolute atomic E-state index is 0.00717. The van der Waals surface area contributed by atoms with Gasteiger partial charge >= 0.3 is 11.7 Å². The van der Waals surface area contributed by atoms with Crippen LogP contribution in [0.5, 0.6) is 11.5 Å². The van der Waals surface area contributed by atoms with Crippen molar-refractivity contribution in [2.75, 3.05) is 7.11 Å². The maximum Gasteiger partial charge on any atom is 0.346 e. The number of benzene rings is 2. The standard InChI is InChI=1S/C22H16ClFN2O6S/c1-10(13-5-3-11(31-2)7-15(13)24)32-12-4-6-14(23)17(8-12)26-20(27)18-16(25-22(26)30)9-33-19(18)21(28)29/h3-10H,1-2H3,(H,25,30)(H,28,29). The second-order valence-electron chi connectivity index (χ2n) is 6.99. The highest BCUT2D eigenvalue weighted by Crippen LogP contribution is 2.30. The molecule has 0 spiro atoms. The van der Waals surface area contributed by atoms with Gasteiger partial charge in [-0.25, -0.2) is 18.5 Å². The van der Waals surface area contributed by atoms with Crippen LogP contribution in [-0.4, -0.2) is 27.7 Å². The lowest BCUT2D eigenvalue weighted by Gasteiger charge is -2.17. The summed E-state index contributed by atoms with van der Waals surface area (Å²) in [5, 5.41) is 10.7. The molecule has 2 heterocycles. The van der Waals surface area contributed by atoms with Gasteiger partial charge in [-0.1, -0.05) is 11.6 Å². The van der Waals surface area contributed by atoms with E-state index in [2.05, 4.69) is 4.98 Å². The minimum Gasteiger partial charge on any atom is -0.497 e. The first kappa shape index (κ1) is 22.6. The summed E-state index contributed by atoms with van der Waals surface area (Å²) < 4.78 is 26.0. The number of rotatable bonds is 6. The number of carboxylic acid groups (broad SMARTS) is 1. The van der Waals surface area contributed by atoms with Crippen LogP contribution < -0.4 is 20.7 Å². The highest BCUT2D eigenvalue weighted by molar-refractivity contribution is 7.13. The minimum atomic E-state index is -1.29. The summed E-state index contributed by atoms with van der Waals surface area (Å²) >= 11 is 7.09. The van der Waals surface area contributed by atoms with E-state index >= 15 is 0 Å². The Labute approximate surface area is 194 Å². The number of carbonyl (C=O) groups is 1. The Balaban J connectivity index is 1.78. The SMILES string of the molecule is COc1ccc(C(C)Oc2ccc(Cl)c(-n3c(=O)[nH]c4csc(C(=O)O)c4c3=O)c2)c(F)c1.